The highest BCUT2D eigenvalue weighted by Gasteiger charge is 2.32. The first-order valence-electron chi connectivity index (χ1n) is 14.9. The predicted molar refractivity (Wildman–Crippen MR) is 168 cm³/mol. The highest BCUT2D eigenvalue weighted by atomic mass is 19.4. The Labute approximate surface area is 261 Å². The first-order chi connectivity index (χ1) is 21.4. The zero-order valence-electron chi connectivity index (χ0n) is 25.8. The maximum absolute atomic E-state index is 13.1. The minimum atomic E-state index is -4.41. The maximum atomic E-state index is 13.1. The number of aromatic nitrogens is 3. The van der Waals surface area contributed by atoms with Crippen LogP contribution in [0.4, 0.5) is 35.3 Å². The second kappa shape index (κ2) is 13.1. The molecule has 1 aliphatic heterocycles. The van der Waals surface area contributed by atoms with Crippen LogP contribution in [0, 0.1) is 0 Å². The summed E-state index contributed by atoms with van der Waals surface area (Å²) in [6, 6.07) is 18.8. The quantitative estimate of drug-likeness (QED) is 0.210. The second-order valence-electron chi connectivity index (χ2n) is 12.1. The molecule has 0 spiro atoms. The Morgan fingerprint density at radius 2 is 1.51 bits per heavy atom. The van der Waals surface area contributed by atoms with E-state index in [1.807, 2.05) is 40.0 Å². The number of amides is 1. The van der Waals surface area contributed by atoms with Crippen LogP contribution in [0.3, 0.4) is 0 Å². The molecule has 11 heteroatoms. The molecule has 1 fully saturated rings. The number of hydrogen-bond acceptors (Lipinski definition) is 7. The number of hydrogen-bond donors (Lipinski definition) is 0. The fourth-order valence-corrected chi connectivity index (χ4v) is 5.27. The summed E-state index contributed by atoms with van der Waals surface area (Å²) in [6.07, 6.45) is 1.75. The van der Waals surface area contributed by atoms with Crippen molar-refractivity contribution in [2.24, 2.45) is 0 Å². The van der Waals surface area contributed by atoms with Gasteiger partial charge in [-0.2, -0.15) is 13.2 Å². The van der Waals surface area contributed by atoms with Gasteiger partial charge in [0.25, 0.3) is 0 Å². The number of nitrogens with zero attached hydrogens (tertiary/aromatic N) is 6. The van der Waals surface area contributed by atoms with Gasteiger partial charge >= 0.3 is 12.3 Å². The molecule has 0 N–H and O–H groups in total. The molecule has 5 rings (SSSR count). The van der Waals surface area contributed by atoms with E-state index in [1.54, 1.807) is 29.6 Å². The van der Waals surface area contributed by atoms with Gasteiger partial charge in [0.1, 0.15) is 5.60 Å². The number of alkyl halides is 3. The summed E-state index contributed by atoms with van der Waals surface area (Å²) in [7, 11) is 2.00. The van der Waals surface area contributed by atoms with Crippen molar-refractivity contribution < 1.29 is 22.7 Å². The molecule has 0 unspecified atom stereocenters. The zero-order chi connectivity index (χ0) is 32.2. The first-order valence-corrected chi connectivity index (χ1v) is 14.9. The number of ether oxygens (including phenoxy) is 1. The number of benzene rings is 2. The molecule has 0 saturated carbocycles. The van der Waals surface area contributed by atoms with Gasteiger partial charge in [-0.05, 0) is 81.6 Å². The maximum Gasteiger partial charge on any atom is 0.416 e. The van der Waals surface area contributed by atoms with Crippen LogP contribution in [-0.2, 0) is 17.5 Å². The van der Waals surface area contributed by atoms with Gasteiger partial charge in [-0.1, -0.05) is 24.3 Å². The molecule has 1 saturated heterocycles. The Bertz CT molecular complexity index is 1570. The number of likely N-dealkylation sites (tertiary alicyclic amines) is 1. The Kier molecular flexibility index (Phi) is 9.27. The Hall–Kier alpha value is -4.67. The lowest BCUT2D eigenvalue weighted by Crippen LogP contribution is -2.48. The molecule has 8 nitrogen and oxygen atoms in total. The predicted octanol–water partition coefficient (Wildman–Crippen LogP) is 7.73. The summed E-state index contributed by atoms with van der Waals surface area (Å²) in [4.78, 5) is 32.1. The van der Waals surface area contributed by atoms with Crippen molar-refractivity contribution in [3.05, 3.63) is 96.4 Å². The van der Waals surface area contributed by atoms with Crippen LogP contribution >= 0.6 is 0 Å². The molecule has 236 valence electrons. The van der Waals surface area contributed by atoms with Gasteiger partial charge in [0.2, 0.25) is 5.95 Å². The topological polar surface area (TPSA) is 74.7 Å². The summed E-state index contributed by atoms with van der Waals surface area (Å²) in [5.74, 6) is 0.473. The summed E-state index contributed by atoms with van der Waals surface area (Å²) >= 11 is 0. The Morgan fingerprint density at radius 3 is 2.11 bits per heavy atom. The SMILES string of the molecule is CN(c1ccncc1)c1ccc(CN(c2nccc(-c3ccc(C(F)(F)F)cc3)n2)C2CCN(C(=O)OC(C)(C)C)CC2)cc1. The molecular weight excluding hydrogens is 581 g/mol. The lowest BCUT2D eigenvalue weighted by molar-refractivity contribution is -0.137. The smallest absolute Gasteiger partial charge is 0.416 e. The fourth-order valence-electron chi connectivity index (χ4n) is 5.27. The third kappa shape index (κ3) is 8.09. The van der Waals surface area contributed by atoms with E-state index in [1.165, 1.54) is 12.1 Å². The zero-order valence-corrected chi connectivity index (χ0v) is 25.8. The largest absolute Gasteiger partial charge is 0.444 e. The highest BCUT2D eigenvalue weighted by Crippen LogP contribution is 2.32. The molecule has 3 heterocycles. The number of pyridine rings is 1. The van der Waals surface area contributed by atoms with Gasteiger partial charge in [0, 0.05) is 68.3 Å². The van der Waals surface area contributed by atoms with Crippen LogP contribution in [0.2, 0.25) is 0 Å². The number of rotatable bonds is 7. The second-order valence-corrected chi connectivity index (χ2v) is 12.1. The van der Waals surface area contributed by atoms with Gasteiger partial charge < -0.3 is 19.4 Å². The number of halogens is 3. The molecule has 0 atom stereocenters. The summed E-state index contributed by atoms with van der Waals surface area (Å²) in [6.45, 7) is 7.09. The van der Waals surface area contributed by atoms with E-state index in [2.05, 4.69) is 44.0 Å². The van der Waals surface area contributed by atoms with Crippen LogP contribution in [0.15, 0.2) is 85.3 Å². The number of carbonyl (C=O) groups excluding carboxylic acids is 1. The van der Waals surface area contributed by atoms with Crippen molar-refractivity contribution in [1.29, 1.82) is 0 Å². The summed E-state index contributed by atoms with van der Waals surface area (Å²) < 4.78 is 45.0. The summed E-state index contributed by atoms with van der Waals surface area (Å²) in [5, 5.41) is 0. The lowest BCUT2D eigenvalue weighted by atomic mass is 10.0. The van der Waals surface area contributed by atoms with E-state index in [0.29, 0.717) is 49.7 Å². The standard InChI is InChI=1S/C34H37F3N6O2/c1-33(2,3)45-32(44)42-21-16-29(17-22-42)43(23-24-5-11-27(12-6-24)41(4)28-13-18-38-19-14-28)31-39-20-15-30(40-31)25-7-9-26(10-8-25)34(35,36)37/h5-15,18-20,29H,16-17,21-23H2,1-4H3. The normalized spacial score (nSPS) is 14.2. The summed E-state index contributed by atoms with van der Waals surface area (Å²) in [5.41, 5.74) is 2.88. The van der Waals surface area contributed by atoms with Crippen LogP contribution in [0.25, 0.3) is 11.3 Å². The molecule has 0 bridgehead atoms. The third-order valence-corrected chi connectivity index (χ3v) is 7.69. The van der Waals surface area contributed by atoms with E-state index in [0.717, 1.165) is 29.1 Å². The average molecular weight is 619 g/mol. The van der Waals surface area contributed by atoms with E-state index in [-0.39, 0.29) is 12.1 Å². The molecule has 2 aromatic heterocycles. The van der Waals surface area contributed by atoms with Crippen molar-refractivity contribution in [2.45, 2.75) is 58.0 Å². The number of piperidine rings is 1. The van der Waals surface area contributed by atoms with Crippen molar-refractivity contribution in [1.82, 2.24) is 19.9 Å². The van der Waals surface area contributed by atoms with Crippen LogP contribution < -0.4 is 9.80 Å². The molecule has 1 amide bonds. The average Bonchev–Trinajstić information content (AvgIpc) is 3.03. The highest BCUT2D eigenvalue weighted by molar-refractivity contribution is 5.68. The number of carbonyl (C=O) groups is 1. The molecule has 1 aliphatic rings. The van der Waals surface area contributed by atoms with Gasteiger partial charge in [0.15, 0.2) is 0 Å². The van der Waals surface area contributed by atoms with Crippen LogP contribution in [0.5, 0.6) is 0 Å². The van der Waals surface area contributed by atoms with E-state index in [4.69, 9.17) is 9.72 Å². The van der Waals surface area contributed by atoms with Crippen molar-refractivity contribution >= 4 is 23.4 Å². The van der Waals surface area contributed by atoms with Crippen LogP contribution in [-0.4, -0.2) is 57.7 Å². The molecule has 4 aromatic rings. The molecular formula is C34H37F3N6O2. The Morgan fingerprint density at radius 1 is 0.889 bits per heavy atom. The lowest BCUT2D eigenvalue weighted by Gasteiger charge is -2.39. The third-order valence-electron chi connectivity index (χ3n) is 7.69. The van der Waals surface area contributed by atoms with Gasteiger partial charge in [-0.15, -0.1) is 0 Å². The number of anilines is 3. The van der Waals surface area contributed by atoms with E-state index < -0.39 is 17.3 Å². The minimum Gasteiger partial charge on any atom is -0.444 e. The van der Waals surface area contributed by atoms with Crippen molar-refractivity contribution in [3.63, 3.8) is 0 Å². The fraction of sp³-hybridized carbons (Fsp3) is 0.353. The molecule has 0 radical (unpaired) electrons. The molecule has 2 aromatic carbocycles. The minimum absolute atomic E-state index is 0.0192. The first kappa shape index (κ1) is 31.7. The van der Waals surface area contributed by atoms with Gasteiger partial charge in [0.05, 0.1) is 11.3 Å². The van der Waals surface area contributed by atoms with Crippen molar-refractivity contribution in [2.75, 3.05) is 29.9 Å². The molecule has 45 heavy (non-hydrogen) atoms. The van der Waals surface area contributed by atoms with Crippen molar-refractivity contribution in [3.8, 4) is 11.3 Å². The van der Waals surface area contributed by atoms with Crippen LogP contribution in [0.1, 0.15) is 44.7 Å². The van der Waals surface area contributed by atoms with E-state index >= 15 is 0 Å². The van der Waals surface area contributed by atoms with Gasteiger partial charge in [-0.25, -0.2) is 14.8 Å². The van der Waals surface area contributed by atoms with Gasteiger partial charge in [-0.3, -0.25) is 4.98 Å². The molecule has 0 aliphatic carbocycles. The Balaban J connectivity index is 1.39. The monoisotopic (exact) mass is 618 g/mol. The van der Waals surface area contributed by atoms with E-state index in [9.17, 15) is 18.0 Å².